The first-order valence-corrected chi connectivity index (χ1v) is 8.54. The summed E-state index contributed by atoms with van der Waals surface area (Å²) >= 11 is 5.45. The molecule has 108 valence electrons. The lowest BCUT2D eigenvalue weighted by Crippen LogP contribution is -2.33. The zero-order chi connectivity index (χ0) is 14.6. The van der Waals surface area contributed by atoms with Crippen LogP contribution in [-0.2, 0) is 11.2 Å². The molecular formula is C16H25ClOS. The minimum Gasteiger partial charge on any atom is -0.616 e. The molecule has 0 bridgehead atoms. The lowest BCUT2D eigenvalue weighted by atomic mass is 9.92. The first kappa shape index (κ1) is 16.9. The summed E-state index contributed by atoms with van der Waals surface area (Å²) in [7, 11) is 0. The smallest absolute Gasteiger partial charge is 0.117 e. The van der Waals surface area contributed by atoms with Crippen LogP contribution in [0.25, 0.3) is 0 Å². The molecule has 0 amide bonds. The molecule has 0 heterocycles. The van der Waals surface area contributed by atoms with Crippen LogP contribution in [0.15, 0.2) is 24.3 Å². The Hall–Kier alpha value is -0.180. The summed E-state index contributed by atoms with van der Waals surface area (Å²) in [5.74, 6) is 1.53. The molecule has 1 unspecified atom stereocenters. The van der Waals surface area contributed by atoms with Crippen LogP contribution < -0.4 is 0 Å². The van der Waals surface area contributed by atoms with Crippen LogP contribution in [0.4, 0.5) is 0 Å². The third kappa shape index (κ3) is 5.37. The van der Waals surface area contributed by atoms with Crippen LogP contribution in [0.5, 0.6) is 0 Å². The highest BCUT2D eigenvalue weighted by atomic mass is 35.5. The topological polar surface area (TPSA) is 23.1 Å². The largest absolute Gasteiger partial charge is 0.616 e. The Kier molecular flexibility index (Phi) is 6.22. The van der Waals surface area contributed by atoms with Gasteiger partial charge < -0.3 is 4.55 Å². The van der Waals surface area contributed by atoms with Crippen molar-refractivity contribution in [1.29, 1.82) is 0 Å². The highest BCUT2D eigenvalue weighted by Gasteiger charge is 2.30. The van der Waals surface area contributed by atoms with Gasteiger partial charge in [0.15, 0.2) is 0 Å². The van der Waals surface area contributed by atoms with Crippen LogP contribution >= 0.6 is 11.6 Å². The van der Waals surface area contributed by atoms with Gasteiger partial charge >= 0.3 is 0 Å². The fourth-order valence-corrected chi connectivity index (χ4v) is 3.56. The van der Waals surface area contributed by atoms with Crippen molar-refractivity contribution in [2.75, 3.05) is 5.75 Å². The first-order valence-electron chi connectivity index (χ1n) is 6.84. The van der Waals surface area contributed by atoms with Crippen molar-refractivity contribution in [1.82, 2.24) is 0 Å². The minimum absolute atomic E-state index is 0.170. The van der Waals surface area contributed by atoms with Crippen molar-refractivity contribution in [3.05, 3.63) is 34.9 Å². The molecule has 0 aromatic heterocycles. The van der Waals surface area contributed by atoms with Crippen LogP contribution in [-0.4, -0.2) is 15.1 Å². The molecule has 19 heavy (non-hydrogen) atoms. The zero-order valence-corrected chi connectivity index (χ0v) is 14.1. The molecular weight excluding hydrogens is 276 g/mol. The molecule has 0 saturated heterocycles. The fourth-order valence-electron chi connectivity index (χ4n) is 2.09. The molecule has 0 aliphatic rings. The Labute approximate surface area is 125 Å². The molecule has 2 atom stereocenters. The second-order valence-corrected chi connectivity index (χ2v) is 9.13. The van der Waals surface area contributed by atoms with E-state index in [2.05, 4.69) is 19.9 Å². The Bertz CT molecular complexity index is 398. The van der Waals surface area contributed by atoms with Crippen molar-refractivity contribution in [3.63, 3.8) is 0 Å². The molecule has 1 rings (SSSR count). The van der Waals surface area contributed by atoms with E-state index in [0.717, 1.165) is 17.0 Å². The van der Waals surface area contributed by atoms with E-state index in [-0.39, 0.29) is 10.7 Å². The van der Waals surface area contributed by atoms with E-state index >= 15 is 0 Å². The maximum atomic E-state index is 12.4. The maximum absolute atomic E-state index is 12.4. The van der Waals surface area contributed by atoms with Crippen molar-refractivity contribution < 1.29 is 4.55 Å². The Morgan fingerprint density at radius 3 is 2.26 bits per heavy atom. The molecule has 1 nitrogen and oxygen atoms in total. The maximum Gasteiger partial charge on any atom is 0.117 e. The summed E-state index contributed by atoms with van der Waals surface area (Å²) < 4.78 is 12.2. The number of benzene rings is 1. The molecule has 0 aliphatic carbocycles. The number of hydrogen-bond donors (Lipinski definition) is 0. The van der Waals surface area contributed by atoms with Gasteiger partial charge in [0.05, 0.1) is 0 Å². The summed E-state index contributed by atoms with van der Waals surface area (Å²) in [6, 6.07) is 7.94. The van der Waals surface area contributed by atoms with Gasteiger partial charge in [-0.25, -0.2) is 0 Å². The van der Waals surface area contributed by atoms with Gasteiger partial charge in [-0.1, -0.05) is 43.6 Å². The predicted octanol–water partition coefficient (Wildman–Crippen LogP) is 5.02. The van der Waals surface area contributed by atoms with Crippen molar-refractivity contribution >= 4 is 22.8 Å². The first-order chi connectivity index (χ1) is 8.71. The summed E-state index contributed by atoms with van der Waals surface area (Å²) in [6.07, 6.45) is 1.02. The van der Waals surface area contributed by atoms with Crippen LogP contribution in [0.3, 0.4) is 0 Å². The molecule has 0 aliphatic heterocycles. The van der Waals surface area contributed by atoms with E-state index in [9.17, 15) is 4.55 Å². The summed E-state index contributed by atoms with van der Waals surface area (Å²) in [4.78, 5) is 0. The summed E-state index contributed by atoms with van der Waals surface area (Å²) in [5.41, 5.74) is 1.13. The molecule has 0 saturated carbocycles. The lowest BCUT2D eigenvalue weighted by molar-refractivity contribution is 0.506. The average Bonchev–Trinajstić information content (AvgIpc) is 2.26. The van der Waals surface area contributed by atoms with Gasteiger partial charge in [-0.05, 0) is 55.9 Å². The fraction of sp³-hybridized carbons (Fsp3) is 0.625. The number of rotatable bonds is 5. The highest BCUT2D eigenvalue weighted by molar-refractivity contribution is 7.92. The van der Waals surface area contributed by atoms with E-state index in [1.165, 1.54) is 0 Å². The molecule has 0 N–H and O–H groups in total. The molecule has 0 fully saturated rings. The molecule has 0 radical (unpaired) electrons. The third-order valence-corrected chi connectivity index (χ3v) is 5.55. The van der Waals surface area contributed by atoms with Gasteiger partial charge in [-0.2, -0.15) is 0 Å². The van der Waals surface area contributed by atoms with Crippen LogP contribution in [0, 0.1) is 5.92 Å². The standard InChI is InChI=1S/C16H25ClOS/c1-12(2)10-13(11-19(18)16(3,4)5)14-8-6-7-9-15(14)17/h6-9,12-13H,10-11H2,1-5H3/t13-,19?/m1/s1. The molecule has 1 aromatic rings. The quantitative estimate of drug-likeness (QED) is 0.700. The van der Waals surface area contributed by atoms with Gasteiger partial charge in [0.1, 0.15) is 10.5 Å². The molecule has 1 aromatic carbocycles. The van der Waals surface area contributed by atoms with E-state index in [1.807, 2.05) is 39.0 Å². The third-order valence-electron chi connectivity index (χ3n) is 3.14. The predicted molar refractivity (Wildman–Crippen MR) is 86.4 cm³/mol. The lowest BCUT2D eigenvalue weighted by Gasteiger charge is -2.29. The van der Waals surface area contributed by atoms with E-state index in [0.29, 0.717) is 11.7 Å². The van der Waals surface area contributed by atoms with Crippen LogP contribution in [0.2, 0.25) is 5.02 Å². The Morgan fingerprint density at radius 2 is 1.79 bits per heavy atom. The van der Waals surface area contributed by atoms with Gasteiger partial charge in [0, 0.05) is 10.9 Å². The Morgan fingerprint density at radius 1 is 1.21 bits per heavy atom. The summed E-state index contributed by atoms with van der Waals surface area (Å²) in [6.45, 7) is 10.5. The van der Waals surface area contributed by atoms with E-state index in [4.69, 9.17) is 11.6 Å². The monoisotopic (exact) mass is 300 g/mol. The van der Waals surface area contributed by atoms with Gasteiger partial charge in [0.25, 0.3) is 0 Å². The Balaban J connectivity index is 2.93. The highest BCUT2D eigenvalue weighted by Crippen LogP contribution is 2.33. The zero-order valence-electron chi connectivity index (χ0n) is 12.6. The summed E-state index contributed by atoms with van der Waals surface area (Å²) in [5, 5.41) is 0.791. The van der Waals surface area contributed by atoms with Gasteiger partial charge in [0.2, 0.25) is 0 Å². The van der Waals surface area contributed by atoms with Crippen molar-refractivity contribution in [3.8, 4) is 0 Å². The minimum atomic E-state index is -0.851. The number of halogens is 1. The van der Waals surface area contributed by atoms with Crippen molar-refractivity contribution in [2.24, 2.45) is 5.92 Å². The van der Waals surface area contributed by atoms with Gasteiger partial charge in [-0.15, -0.1) is 0 Å². The second kappa shape index (κ2) is 7.01. The normalized spacial score (nSPS) is 15.6. The SMILES string of the molecule is CC(C)C[C@H](C[S+]([O-])C(C)(C)C)c1ccccc1Cl. The second-order valence-electron chi connectivity index (χ2n) is 6.47. The average molecular weight is 301 g/mol. The van der Waals surface area contributed by atoms with E-state index in [1.54, 1.807) is 0 Å². The van der Waals surface area contributed by atoms with Crippen molar-refractivity contribution in [2.45, 2.75) is 51.7 Å². The van der Waals surface area contributed by atoms with E-state index < -0.39 is 11.2 Å². The number of hydrogen-bond acceptors (Lipinski definition) is 1. The molecule has 0 spiro atoms. The van der Waals surface area contributed by atoms with Gasteiger partial charge in [-0.3, -0.25) is 0 Å². The molecule has 3 heteroatoms. The van der Waals surface area contributed by atoms with Crippen LogP contribution in [0.1, 0.15) is 52.5 Å².